The third-order valence-corrected chi connectivity index (χ3v) is 13.7. The highest BCUT2D eigenvalue weighted by molar-refractivity contribution is 5.00. The van der Waals surface area contributed by atoms with E-state index in [9.17, 15) is 9.59 Å². The van der Waals surface area contributed by atoms with E-state index in [4.69, 9.17) is 10.4 Å². The van der Waals surface area contributed by atoms with Gasteiger partial charge in [0.25, 0.3) is 5.56 Å². The molecule has 65 heavy (non-hydrogen) atoms. The number of hydrogen-bond donors (Lipinski definition) is 0. The van der Waals surface area contributed by atoms with Crippen LogP contribution in [0, 0.1) is 6.92 Å². The number of nitrogens with zero attached hydrogens (tertiary/aromatic N) is 8. The van der Waals surface area contributed by atoms with Gasteiger partial charge in [-0.3, -0.25) is 13.9 Å². The zero-order chi connectivity index (χ0) is 46.6. The summed E-state index contributed by atoms with van der Waals surface area (Å²) in [4.78, 5) is 26.7. The lowest BCUT2D eigenvalue weighted by molar-refractivity contribution is -0.755. The minimum absolute atomic E-state index is 0.156. The molecule has 0 amide bonds. The first-order valence-electron chi connectivity index (χ1n) is 28.2. The smallest absolute Gasteiger partial charge is 0.298 e. The molecule has 0 saturated carbocycles. The van der Waals surface area contributed by atoms with Crippen LogP contribution in [0.4, 0.5) is 0 Å². The van der Waals surface area contributed by atoms with Crippen LogP contribution in [0.3, 0.4) is 0 Å². The molecule has 10 heteroatoms. The van der Waals surface area contributed by atoms with E-state index in [1.165, 1.54) is 196 Å². The fourth-order valence-electron chi connectivity index (χ4n) is 9.51. The summed E-state index contributed by atoms with van der Waals surface area (Å²) in [6.45, 7) is 16.0. The quantitative estimate of drug-likeness (QED) is 0.0418. The monoisotopic (exact) mass is 907 g/mol. The summed E-state index contributed by atoms with van der Waals surface area (Å²) >= 11 is 0. The third-order valence-electron chi connectivity index (χ3n) is 13.7. The number of hydrogen-bond acceptors (Lipinski definition) is 4. The fraction of sp³-hybridized carbons (Fsp3) is 0.855. The summed E-state index contributed by atoms with van der Waals surface area (Å²) in [7, 11) is 0. The van der Waals surface area contributed by atoms with E-state index in [2.05, 4.69) is 58.8 Å². The Hall–Kier alpha value is -3.04. The van der Waals surface area contributed by atoms with E-state index >= 15 is 0 Å². The van der Waals surface area contributed by atoms with Crippen LogP contribution in [0.15, 0.2) is 28.0 Å². The molecule has 0 atom stereocenters. The Morgan fingerprint density at radius 2 is 0.723 bits per heavy atom. The normalized spacial score (nSPS) is 11.7. The minimum atomic E-state index is -0.173. The number of aryl methyl sites for hydroxylation is 7. The molecule has 0 aliphatic carbocycles. The van der Waals surface area contributed by atoms with Gasteiger partial charge in [0.2, 0.25) is 0 Å². The van der Waals surface area contributed by atoms with E-state index in [1.807, 2.05) is 11.5 Å². The molecule has 0 aromatic carbocycles. The van der Waals surface area contributed by atoms with Gasteiger partial charge in [0.1, 0.15) is 26.2 Å². The average molecular weight is 907 g/mol. The Morgan fingerprint density at radius 1 is 0.400 bits per heavy atom. The molecule has 0 aliphatic rings. The van der Waals surface area contributed by atoms with Crippen molar-refractivity contribution in [3.8, 4) is 0 Å². The summed E-state index contributed by atoms with van der Waals surface area (Å²) in [6, 6.07) is 1.65. The molecular formula is C55H102N8O2+2. The lowest BCUT2D eigenvalue weighted by atomic mass is 10.1. The largest absolute Gasteiger partial charge is 0.331 e. The van der Waals surface area contributed by atoms with Crippen molar-refractivity contribution in [1.29, 1.82) is 0 Å². The van der Waals surface area contributed by atoms with Gasteiger partial charge in [0, 0.05) is 37.7 Å². The Bertz CT molecular complexity index is 1720. The van der Waals surface area contributed by atoms with Crippen molar-refractivity contribution in [3.05, 3.63) is 56.4 Å². The van der Waals surface area contributed by atoms with Crippen molar-refractivity contribution in [2.45, 2.75) is 305 Å². The van der Waals surface area contributed by atoms with Crippen LogP contribution in [0.2, 0.25) is 0 Å². The fourth-order valence-corrected chi connectivity index (χ4v) is 9.51. The zero-order valence-corrected chi connectivity index (χ0v) is 43.3. The van der Waals surface area contributed by atoms with E-state index < -0.39 is 0 Å². The molecule has 372 valence electrons. The number of aromatic nitrogens is 8. The zero-order valence-electron chi connectivity index (χ0n) is 43.3. The van der Waals surface area contributed by atoms with Crippen molar-refractivity contribution in [2.75, 3.05) is 0 Å². The van der Waals surface area contributed by atoms with Gasteiger partial charge in [-0.25, -0.2) is 4.79 Å². The van der Waals surface area contributed by atoms with Crippen molar-refractivity contribution < 1.29 is 9.36 Å². The van der Waals surface area contributed by atoms with Crippen LogP contribution in [-0.4, -0.2) is 28.9 Å². The van der Waals surface area contributed by atoms with Gasteiger partial charge >= 0.3 is 5.69 Å². The van der Waals surface area contributed by atoms with Crippen molar-refractivity contribution in [2.24, 2.45) is 0 Å². The average Bonchev–Trinajstić information content (AvgIpc) is 3.88. The molecule has 0 unspecified atom stereocenters. The summed E-state index contributed by atoms with van der Waals surface area (Å²) in [5.41, 5.74) is 3.20. The predicted octanol–water partition coefficient (Wildman–Crippen LogP) is 13.1. The summed E-state index contributed by atoms with van der Waals surface area (Å²) in [5, 5.41) is 10.1. The Labute approximate surface area is 398 Å². The first-order valence-corrected chi connectivity index (χ1v) is 28.2. The lowest BCUT2D eigenvalue weighted by Crippen LogP contribution is -2.40. The molecule has 3 heterocycles. The maximum absolute atomic E-state index is 13.6. The molecule has 3 rings (SSSR count). The first-order chi connectivity index (χ1) is 31.9. The molecule has 3 aromatic heterocycles. The molecule has 0 aliphatic heterocycles. The molecule has 10 nitrogen and oxygen atoms in total. The molecule has 0 N–H and O–H groups in total. The van der Waals surface area contributed by atoms with Gasteiger partial charge in [-0.15, -0.1) is 18.7 Å². The second-order valence-corrected chi connectivity index (χ2v) is 19.8. The minimum Gasteiger partial charge on any atom is -0.298 e. The van der Waals surface area contributed by atoms with Gasteiger partial charge in [-0.2, -0.15) is 0 Å². The van der Waals surface area contributed by atoms with Crippen LogP contribution < -0.4 is 20.6 Å². The van der Waals surface area contributed by atoms with Crippen molar-refractivity contribution in [3.63, 3.8) is 0 Å². The summed E-state index contributed by atoms with van der Waals surface area (Å²) < 4.78 is 12.2. The SMILES string of the molecule is CCCCCCCCCCn1n[n+](CCCCCn2c(C)cc(=O)n(CCCCC[n+]3cc(CCCCCCCC)n(CCCCCCCCCC)n3)c2=O)cc1CCCCCCCC. The van der Waals surface area contributed by atoms with Crippen LogP contribution in [0.5, 0.6) is 0 Å². The van der Waals surface area contributed by atoms with Gasteiger partial charge in [-0.1, -0.05) is 169 Å². The standard InChI is InChI=1S/C55H102N8O2/c1-6-10-14-18-22-24-28-38-46-62-52(40-32-26-20-16-12-8-3)49-58(56-62)42-34-30-36-44-60-51(5)48-54(64)61(55(60)65)45-37-31-35-43-59-50-53(41-33-27-21-17-13-9-4)63(57-59)47-39-29-25-23-19-15-11-7-2/h48-50H,6-47H2,1-5H3/q+2. The predicted molar refractivity (Wildman–Crippen MR) is 272 cm³/mol. The molecule has 0 fully saturated rings. The number of unbranched alkanes of at least 4 members (excludes halogenated alkanes) is 28. The van der Waals surface area contributed by atoms with Crippen molar-refractivity contribution in [1.82, 2.24) is 28.9 Å². The maximum Gasteiger partial charge on any atom is 0.331 e. The first kappa shape index (κ1) is 56.3. The second kappa shape index (κ2) is 37.0. The topological polar surface area (TPSA) is 87.4 Å². The Balaban J connectivity index is 1.45. The van der Waals surface area contributed by atoms with Gasteiger partial charge in [0.05, 0.1) is 10.4 Å². The van der Waals surface area contributed by atoms with E-state index in [0.717, 1.165) is 83.2 Å². The van der Waals surface area contributed by atoms with Gasteiger partial charge < -0.3 is 0 Å². The van der Waals surface area contributed by atoms with Crippen LogP contribution >= 0.6 is 0 Å². The highest BCUT2D eigenvalue weighted by Gasteiger charge is 2.18. The molecule has 0 saturated heterocycles. The molecule has 0 radical (unpaired) electrons. The highest BCUT2D eigenvalue weighted by atomic mass is 16.2. The van der Waals surface area contributed by atoms with E-state index in [1.54, 1.807) is 6.07 Å². The van der Waals surface area contributed by atoms with E-state index in [0.29, 0.717) is 13.1 Å². The number of rotatable bonds is 44. The van der Waals surface area contributed by atoms with Crippen molar-refractivity contribution >= 4 is 0 Å². The maximum atomic E-state index is 13.6. The Kier molecular flexibility index (Phi) is 32.0. The van der Waals surface area contributed by atoms with E-state index in [-0.39, 0.29) is 11.2 Å². The van der Waals surface area contributed by atoms with Gasteiger partial charge in [-0.05, 0) is 84.0 Å². The third kappa shape index (κ3) is 24.5. The lowest BCUT2D eigenvalue weighted by Gasteiger charge is -2.13. The van der Waals surface area contributed by atoms with Crippen LogP contribution in [0.25, 0.3) is 0 Å². The molecule has 3 aromatic rings. The summed E-state index contributed by atoms with van der Waals surface area (Å²) in [5.74, 6) is 0. The second-order valence-electron chi connectivity index (χ2n) is 19.8. The molecule has 0 spiro atoms. The Morgan fingerprint density at radius 3 is 1.12 bits per heavy atom. The highest BCUT2D eigenvalue weighted by Crippen LogP contribution is 2.14. The molecule has 0 bridgehead atoms. The summed E-state index contributed by atoms with van der Waals surface area (Å²) in [6.07, 6.45) is 49.5. The van der Waals surface area contributed by atoms with Crippen LogP contribution in [-0.2, 0) is 52.1 Å². The van der Waals surface area contributed by atoms with Gasteiger partial charge in [0.15, 0.2) is 23.8 Å². The van der Waals surface area contributed by atoms with Crippen LogP contribution in [0.1, 0.15) is 263 Å². The molecular weight excluding hydrogens is 805 g/mol.